The number of benzene rings is 1. The van der Waals surface area contributed by atoms with E-state index in [1.807, 2.05) is 5.38 Å². The number of hydrogen-bond acceptors (Lipinski definition) is 6. The minimum atomic E-state index is -0.503. The normalized spacial score (nSPS) is 10.9. The molecule has 112 valence electrons. The molecular weight excluding hydrogens is 292 g/mol. The molecule has 0 spiro atoms. The molecule has 0 bridgehead atoms. The van der Waals surface area contributed by atoms with E-state index < -0.39 is 4.92 Å². The molecule has 0 unspecified atom stereocenters. The SMILES string of the molecule is CC(C)c1nc(COc2cc(CO)ccc2[N+](=O)[O-])cs1. The Hall–Kier alpha value is -1.99. The van der Waals surface area contributed by atoms with E-state index in [-0.39, 0.29) is 24.7 Å². The first-order valence-corrected chi connectivity index (χ1v) is 7.34. The van der Waals surface area contributed by atoms with E-state index in [2.05, 4.69) is 18.8 Å². The molecule has 2 rings (SSSR count). The summed E-state index contributed by atoms with van der Waals surface area (Å²) in [6, 6.07) is 4.32. The minimum absolute atomic E-state index is 0.119. The van der Waals surface area contributed by atoms with Crippen LogP contribution < -0.4 is 4.74 Å². The lowest BCUT2D eigenvalue weighted by molar-refractivity contribution is -0.386. The Labute approximate surface area is 126 Å². The highest BCUT2D eigenvalue weighted by molar-refractivity contribution is 7.09. The number of aliphatic hydroxyl groups excluding tert-OH is 1. The van der Waals surface area contributed by atoms with E-state index in [0.29, 0.717) is 11.5 Å². The summed E-state index contributed by atoms with van der Waals surface area (Å²) in [5, 5.41) is 23.0. The summed E-state index contributed by atoms with van der Waals surface area (Å²) in [6.07, 6.45) is 0. The van der Waals surface area contributed by atoms with E-state index in [0.717, 1.165) is 10.7 Å². The van der Waals surface area contributed by atoms with Gasteiger partial charge in [-0.1, -0.05) is 13.8 Å². The monoisotopic (exact) mass is 308 g/mol. The summed E-state index contributed by atoms with van der Waals surface area (Å²) in [4.78, 5) is 14.9. The highest BCUT2D eigenvalue weighted by Gasteiger charge is 2.16. The van der Waals surface area contributed by atoms with Gasteiger partial charge in [0.15, 0.2) is 5.75 Å². The second-order valence-corrected chi connectivity index (χ2v) is 5.73. The molecular formula is C14H16N2O4S. The molecule has 1 heterocycles. The van der Waals surface area contributed by atoms with Gasteiger partial charge in [-0.25, -0.2) is 4.98 Å². The Bertz CT molecular complexity index is 640. The molecule has 1 aromatic carbocycles. The predicted octanol–water partition coefficient (Wildman–Crippen LogP) is 3.25. The van der Waals surface area contributed by atoms with Crippen LogP contribution in [0.3, 0.4) is 0 Å². The van der Waals surface area contributed by atoms with E-state index in [9.17, 15) is 10.1 Å². The lowest BCUT2D eigenvalue weighted by Gasteiger charge is -2.06. The topological polar surface area (TPSA) is 85.5 Å². The number of nitro groups is 1. The molecule has 0 saturated heterocycles. The molecule has 0 aliphatic carbocycles. The number of rotatable bonds is 6. The first kappa shape index (κ1) is 15.4. The van der Waals surface area contributed by atoms with Crippen molar-refractivity contribution < 1.29 is 14.8 Å². The molecule has 0 radical (unpaired) electrons. The zero-order valence-electron chi connectivity index (χ0n) is 11.8. The highest BCUT2D eigenvalue weighted by atomic mass is 32.1. The molecule has 2 aromatic rings. The standard InChI is InChI=1S/C14H16N2O4S/c1-9(2)14-15-11(8-21-14)7-20-13-5-10(6-17)3-4-12(13)16(18)19/h3-5,8-9,17H,6-7H2,1-2H3. The minimum Gasteiger partial charge on any atom is -0.480 e. The largest absolute Gasteiger partial charge is 0.480 e. The molecule has 0 atom stereocenters. The molecule has 0 saturated carbocycles. The Morgan fingerprint density at radius 3 is 2.81 bits per heavy atom. The number of nitrogens with zero attached hydrogens (tertiary/aromatic N) is 2. The van der Waals surface area contributed by atoms with Crippen molar-refractivity contribution in [3.63, 3.8) is 0 Å². The van der Waals surface area contributed by atoms with Gasteiger partial charge >= 0.3 is 5.69 Å². The Balaban J connectivity index is 2.15. The Kier molecular flexibility index (Phi) is 4.87. The predicted molar refractivity (Wildman–Crippen MR) is 79.6 cm³/mol. The van der Waals surface area contributed by atoms with Gasteiger partial charge in [0.25, 0.3) is 0 Å². The Morgan fingerprint density at radius 2 is 2.24 bits per heavy atom. The van der Waals surface area contributed by atoms with Crippen LogP contribution in [0.2, 0.25) is 0 Å². The second kappa shape index (κ2) is 6.64. The van der Waals surface area contributed by atoms with Crippen LogP contribution in [0.1, 0.15) is 36.0 Å². The van der Waals surface area contributed by atoms with Crippen LogP contribution in [-0.4, -0.2) is 15.0 Å². The van der Waals surface area contributed by atoms with E-state index in [4.69, 9.17) is 9.84 Å². The Morgan fingerprint density at radius 1 is 1.48 bits per heavy atom. The number of ether oxygens (including phenoxy) is 1. The molecule has 6 nitrogen and oxygen atoms in total. The lowest BCUT2D eigenvalue weighted by atomic mass is 10.2. The number of aromatic nitrogens is 1. The van der Waals surface area contributed by atoms with Crippen LogP contribution in [-0.2, 0) is 13.2 Å². The average molecular weight is 308 g/mol. The molecule has 1 N–H and O–H groups in total. The van der Waals surface area contributed by atoms with Gasteiger partial charge in [-0.05, 0) is 17.7 Å². The molecule has 0 aliphatic heterocycles. The summed E-state index contributed by atoms with van der Waals surface area (Å²) in [5.74, 6) is 0.487. The van der Waals surface area contributed by atoms with Crippen molar-refractivity contribution in [2.45, 2.75) is 33.0 Å². The van der Waals surface area contributed by atoms with Crippen molar-refractivity contribution in [2.75, 3.05) is 0 Å². The fourth-order valence-electron chi connectivity index (χ4n) is 1.73. The maximum atomic E-state index is 11.0. The van der Waals surface area contributed by atoms with Crippen LogP contribution >= 0.6 is 11.3 Å². The zero-order chi connectivity index (χ0) is 15.4. The van der Waals surface area contributed by atoms with Crippen molar-refractivity contribution in [1.82, 2.24) is 4.98 Å². The summed E-state index contributed by atoms with van der Waals surface area (Å²) in [6.45, 7) is 4.08. The highest BCUT2D eigenvalue weighted by Crippen LogP contribution is 2.29. The maximum Gasteiger partial charge on any atom is 0.310 e. The van der Waals surface area contributed by atoms with Crippen molar-refractivity contribution in [1.29, 1.82) is 0 Å². The summed E-state index contributed by atoms with van der Waals surface area (Å²) < 4.78 is 5.51. The van der Waals surface area contributed by atoms with E-state index in [1.54, 1.807) is 11.3 Å². The molecule has 0 aliphatic rings. The number of hydrogen-bond donors (Lipinski definition) is 1. The van der Waals surface area contributed by atoms with Gasteiger partial charge in [-0.2, -0.15) is 0 Å². The number of nitro benzene ring substituents is 1. The third-order valence-electron chi connectivity index (χ3n) is 2.84. The summed E-state index contributed by atoms with van der Waals surface area (Å²) >= 11 is 1.55. The van der Waals surface area contributed by atoms with Gasteiger partial charge in [0.1, 0.15) is 6.61 Å². The third-order valence-corrected chi connectivity index (χ3v) is 4.04. The number of aliphatic hydroxyl groups is 1. The number of thiazole rings is 1. The van der Waals surface area contributed by atoms with Crippen LogP contribution in [0, 0.1) is 10.1 Å². The van der Waals surface area contributed by atoms with Crippen molar-refractivity contribution in [2.24, 2.45) is 0 Å². The van der Waals surface area contributed by atoms with E-state index in [1.165, 1.54) is 18.2 Å². The molecule has 0 fully saturated rings. The zero-order valence-corrected chi connectivity index (χ0v) is 12.6. The average Bonchev–Trinajstić information content (AvgIpc) is 2.93. The van der Waals surface area contributed by atoms with Crippen molar-refractivity contribution in [3.05, 3.63) is 50.0 Å². The van der Waals surface area contributed by atoms with Crippen LogP contribution in [0.4, 0.5) is 5.69 Å². The third kappa shape index (κ3) is 3.77. The first-order valence-electron chi connectivity index (χ1n) is 6.46. The maximum absolute atomic E-state index is 11.0. The summed E-state index contributed by atoms with van der Waals surface area (Å²) in [7, 11) is 0. The fraction of sp³-hybridized carbons (Fsp3) is 0.357. The van der Waals surface area contributed by atoms with Crippen LogP contribution in [0.15, 0.2) is 23.6 Å². The fourth-order valence-corrected chi connectivity index (χ4v) is 2.55. The van der Waals surface area contributed by atoms with Crippen LogP contribution in [0.25, 0.3) is 0 Å². The van der Waals surface area contributed by atoms with E-state index >= 15 is 0 Å². The molecule has 7 heteroatoms. The van der Waals surface area contributed by atoms with Gasteiger partial charge in [-0.3, -0.25) is 10.1 Å². The van der Waals surface area contributed by atoms with Gasteiger partial charge < -0.3 is 9.84 Å². The molecule has 0 amide bonds. The lowest BCUT2D eigenvalue weighted by Crippen LogP contribution is -2.01. The van der Waals surface area contributed by atoms with Gasteiger partial charge in [0.05, 0.1) is 22.2 Å². The molecule has 1 aromatic heterocycles. The first-order chi connectivity index (χ1) is 10.0. The second-order valence-electron chi connectivity index (χ2n) is 4.84. The van der Waals surface area contributed by atoms with Crippen molar-refractivity contribution >= 4 is 17.0 Å². The summed E-state index contributed by atoms with van der Waals surface area (Å²) in [5.41, 5.74) is 1.19. The smallest absolute Gasteiger partial charge is 0.310 e. The van der Waals surface area contributed by atoms with Gasteiger partial charge in [0.2, 0.25) is 0 Å². The molecule has 21 heavy (non-hydrogen) atoms. The van der Waals surface area contributed by atoms with Gasteiger partial charge in [0, 0.05) is 17.4 Å². The quantitative estimate of drug-likeness (QED) is 0.654. The van der Waals surface area contributed by atoms with Crippen LogP contribution in [0.5, 0.6) is 5.75 Å². The van der Waals surface area contributed by atoms with Crippen molar-refractivity contribution in [3.8, 4) is 5.75 Å². The van der Waals surface area contributed by atoms with Gasteiger partial charge in [-0.15, -0.1) is 11.3 Å².